The molecule has 0 aliphatic rings. The molecule has 0 atom stereocenters. The van der Waals surface area contributed by atoms with Gasteiger partial charge in [-0.2, -0.15) is 0 Å². The molecule has 1 aromatic rings. The van der Waals surface area contributed by atoms with Crippen molar-refractivity contribution in [2.24, 2.45) is 5.73 Å². The number of ether oxygens (including phenoxy) is 1. The molecule has 1 heterocycles. The third kappa shape index (κ3) is 2.72. The number of esters is 1. The second-order valence-corrected chi connectivity index (χ2v) is 2.99. The second kappa shape index (κ2) is 5.50. The van der Waals surface area contributed by atoms with E-state index in [1.165, 1.54) is 7.11 Å². The number of alkyl halides is 2. The normalized spacial score (nSPS) is 10.8. The average Bonchev–Trinajstić information content (AvgIpc) is 2.61. The molecule has 0 amide bonds. The predicted octanol–water partition coefficient (Wildman–Crippen LogP) is -0.169. The van der Waals surface area contributed by atoms with E-state index >= 15 is 0 Å². The lowest BCUT2D eigenvalue weighted by atomic mass is 10.2. The van der Waals surface area contributed by atoms with Gasteiger partial charge in [0.05, 0.1) is 12.8 Å². The van der Waals surface area contributed by atoms with E-state index in [9.17, 15) is 13.6 Å². The largest absolute Gasteiger partial charge is 0.464 e. The van der Waals surface area contributed by atoms with Crippen LogP contribution in [0.4, 0.5) is 8.78 Å². The van der Waals surface area contributed by atoms with Gasteiger partial charge in [-0.1, -0.05) is 5.21 Å². The molecule has 90 valence electrons. The van der Waals surface area contributed by atoms with Crippen LogP contribution in [0.3, 0.4) is 0 Å². The van der Waals surface area contributed by atoms with Crippen LogP contribution in [0.2, 0.25) is 0 Å². The Bertz CT molecular complexity index is 367. The first-order valence-corrected chi connectivity index (χ1v) is 4.59. The van der Waals surface area contributed by atoms with E-state index in [1.54, 1.807) is 0 Å². The van der Waals surface area contributed by atoms with Crippen LogP contribution in [0, 0.1) is 0 Å². The lowest BCUT2D eigenvalue weighted by Crippen LogP contribution is -2.16. The summed E-state index contributed by atoms with van der Waals surface area (Å²) in [7, 11) is 1.18. The highest BCUT2D eigenvalue weighted by Crippen LogP contribution is 2.09. The van der Waals surface area contributed by atoms with Gasteiger partial charge in [0.25, 0.3) is 6.43 Å². The van der Waals surface area contributed by atoms with Gasteiger partial charge in [0, 0.05) is 6.42 Å². The maximum atomic E-state index is 12.2. The SMILES string of the molecule is COC(=O)c1nnn(CC(F)F)c1CCN. The molecule has 0 saturated carbocycles. The van der Waals surface area contributed by atoms with Gasteiger partial charge in [-0.05, 0) is 6.54 Å². The van der Waals surface area contributed by atoms with Gasteiger partial charge in [0.2, 0.25) is 0 Å². The van der Waals surface area contributed by atoms with E-state index in [2.05, 4.69) is 15.0 Å². The Balaban J connectivity index is 3.01. The monoisotopic (exact) mass is 234 g/mol. The zero-order chi connectivity index (χ0) is 12.1. The van der Waals surface area contributed by atoms with Crippen LogP contribution < -0.4 is 5.73 Å². The molecule has 0 aliphatic heterocycles. The number of nitrogens with zero attached hydrogens (tertiary/aromatic N) is 3. The van der Waals surface area contributed by atoms with Crippen molar-refractivity contribution < 1.29 is 18.3 Å². The first-order valence-electron chi connectivity index (χ1n) is 4.59. The highest BCUT2D eigenvalue weighted by Gasteiger charge is 2.21. The maximum Gasteiger partial charge on any atom is 0.360 e. The molecule has 1 aromatic heterocycles. The Labute approximate surface area is 90.4 Å². The van der Waals surface area contributed by atoms with Gasteiger partial charge in [-0.15, -0.1) is 5.10 Å². The van der Waals surface area contributed by atoms with Crippen molar-refractivity contribution in [2.45, 2.75) is 19.4 Å². The van der Waals surface area contributed by atoms with Crippen molar-refractivity contribution >= 4 is 5.97 Å². The quantitative estimate of drug-likeness (QED) is 0.715. The van der Waals surface area contributed by atoms with Crippen molar-refractivity contribution in [2.75, 3.05) is 13.7 Å². The topological polar surface area (TPSA) is 83.0 Å². The summed E-state index contributed by atoms with van der Waals surface area (Å²) in [5, 5.41) is 6.98. The smallest absolute Gasteiger partial charge is 0.360 e. The van der Waals surface area contributed by atoms with E-state index in [-0.39, 0.29) is 24.4 Å². The fourth-order valence-corrected chi connectivity index (χ4v) is 1.25. The predicted molar refractivity (Wildman–Crippen MR) is 50.1 cm³/mol. The Morgan fingerprint density at radius 2 is 2.31 bits per heavy atom. The molecule has 0 fully saturated rings. The molecular weight excluding hydrogens is 222 g/mol. The van der Waals surface area contributed by atoms with Gasteiger partial charge < -0.3 is 10.5 Å². The number of carbonyl (C=O) groups excluding carboxylic acids is 1. The van der Waals surface area contributed by atoms with Crippen LogP contribution >= 0.6 is 0 Å². The Morgan fingerprint density at radius 3 is 2.81 bits per heavy atom. The Morgan fingerprint density at radius 1 is 1.62 bits per heavy atom. The molecule has 0 saturated heterocycles. The number of rotatable bonds is 5. The fourth-order valence-electron chi connectivity index (χ4n) is 1.25. The molecule has 0 aliphatic carbocycles. The summed E-state index contributed by atoms with van der Waals surface area (Å²) in [6.45, 7) is -0.403. The first kappa shape index (κ1) is 12.5. The number of aromatic nitrogens is 3. The van der Waals surface area contributed by atoms with Gasteiger partial charge >= 0.3 is 5.97 Å². The summed E-state index contributed by atoms with van der Waals surface area (Å²) in [5.74, 6) is -0.705. The highest BCUT2D eigenvalue weighted by atomic mass is 19.3. The summed E-state index contributed by atoms with van der Waals surface area (Å²) in [5.41, 5.74) is 5.53. The molecule has 1 rings (SSSR count). The highest BCUT2D eigenvalue weighted by molar-refractivity contribution is 5.88. The van der Waals surface area contributed by atoms with Crippen LogP contribution in [0.25, 0.3) is 0 Å². The van der Waals surface area contributed by atoms with Crippen LogP contribution in [-0.2, 0) is 17.7 Å². The zero-order valence-electron chi connectivity index (χ0n) is 8.69. The number of nitrogens with two attached hydrogens (primary N) is 1. The van der Waals surface area contributed by atoms with Crippen LogP contribution in [0.5, 0.6) is 0 Å². The summed E-state index contributed by atoms with van der Waals surface area (Å²) in [6.07, 6.45) is -2.33. The van der Waals surface area contributed by atoms with Crippen LogP contribution in [0.1, 0.15) is 16.2 Å². The third-order valence-electron chi connectivity index (χ3n) is 1.91. The lowest BCUT2D eigenvalue weighted by Gasteiger charge is -2.05. The molecular formula is C8H12F2N4O2. The van der Waals surface area contributed by atoms with Crippen LogP contribution in [0.15, 0.2) is 0 Å². The third-order valence-corrected chi connectivity index (χ3v) is 1.91. The minimum Gasteiger partial charge on any atom is -0.464 e. The van der Waals surface area contributed by atoms with E-state index in [0.717, 1.165) is 4.68 Å². The van der Waals surface area contributed by atoms with Gasteiger partial charge in [-0.25, -0.2) is 18.3 Å². The molecule has 0 bridgehead atoms. The summed E-state index contributed by atoms with van der Waals surface area (Å²) < 4.78 is 29.8. The molecule has 2 N–H and O–H groups in total. The van der Waals surface area contributed by atoms with Crippen molar-refractivity contribution in [1.82, 2.24) is 15.0 Å². The minimum absolute atomic E-state index is 0.0615. The number of halogens is 2. The number of carbonyl (C=O) groups is 1. The van der Waals surface area contributed by atoms with Crippen molar-refractivity contribution in [3.05, 3.63) is 11.4 Å². The molecule has 0 spiro atoms. The first-order chi connectivity index (χ1) is 7.60. The average molecular weight is 234 g/mol. The lowest BCUT2D eigenvalue weighted by molar-refractivity contribution is 0.0592. The number of hydrogen-bond donors (Lipinski definition) is 1. The fraction of sp³-hybridized carbons (Fsp3) is 0.625. The molecule has 6 nitrogen and oxygen atoms in total. The van der Waals surface area contributed by atoms with Crippen molar-refractivity contribution in [1.29, 1.82) is 0 Å². The van der Waals surface area contributed by atoms with Gasteiger partial charge in [0.1, 0.15) is 6.54 Å². The van der Waals surface area contributed by atoms with Gasteiger partial charge in [-0.3, -0.25) is 0 Å². The Kier molecular flexibility index (Phi) is 4.29. The molecule has 0 radical (unpaired) electrons. The van der Waals surface area contributed by atoms with Crippen molar-refractivity contribution in [3.63, 3.8) is 0 Å². The van der Waals surface area contributed by atoms with E-state index < -0.39 is 18.9 Å². The van der Waals surface area contributed by atoms with E-state index in [1.807, 2.05) is 0 Å². The molecule has 0 unspecified atom stereocenters. The Hall–Kier alpha value is -1.57. The molecule has 8 heteroatoms. The second-order valence-electron chi connectivity index (χ2n) is 2.99. The summed E-state index contributed by atoms with van der Waals surface area (Å²) >= 11 is 0. The summed E-state index contributed by atoms with van der Waals surface area (Å²) in [4.78, 5) is 11.2. The standard InChI is InChI=1S/C8H12F2N4O2/c1-16-8(15)7-5(2-3-11)14(13-12-7)4-6(9)10/h6H,2-4,11H2,1H3. The zero-order valence-corrected chi connectivity index (χ0v) is 8.69. The van der Waals surface area contributed by atoms with Crippen molar-refractivity contribution in [3.8, 4) is 0 Å². The van der Waals surface area contributed by atoms with Gasteiger partial charge in [0.15, 0.2) is 5.69 Å². The molecule has 16 heavy (non-hydrogen) atoms. The minimum atomic E-state index is -2.57. The maximum absolute atomic E-state index is 12.2. The molecule has 0 aromatic carbocycles. The summed E-state index contributed by atoms with van der Waals surface area (Å²) in [6, 6.07) is 0. The van der Waals surface area contributed by atoms with E-state index in [4.69, 9.17) is 5.73 Å². The number of methoxy groups -OCH3 is 1. The van der Waals surface area contributed by atoms with Crippen LogP contribution in [-0.4, -0.2) is 41.0 Å². The number of hydrogen-bond acceptors (Lipinski definition) is 5. The van der Waals surface area contributed by atoms with E-state index in [0.29, 0.717) is 0 Å².